The lowest BCUT2D eigenvalue weighted by atomic mass is 10.2. The van der Waals surface area contributed by atoms with Gasteiger partial charge in [0.05, 0.1) is 11.9 Å². The molecule has 2 aromatic rings. The summed E-state index contributed by atoms with van der Waals surface area (Å²) in [5.74, 6) is 0.761. The summed E-state index contributed by atoms with van der Waals surface area (Å²) in [7, 11) is 1.82. The molecule has 0 saturated carbocycles. The number of aromatic nitrogens is 4. The van der Waals surface area contributed by atoms with Gasteiger partial charge in [-0.2, -0.15) is 0 Å². The van der Waals surface area contributed by atoms with Crippen LogP contribution in [0.2, 0.25) is 0 Å². The van der Waals surface area contributed by atoms with Crippen LogP contribution in [0.5, 0.6) is 5.75 Å². The maximum atomic E-state index is 5.71. The summed E-state index contributed by atoms with van der Waals surface area (Å²) in [4.78, 5) is 4.43. The number of ether oxygens (including phenoxy) is 1. The molecule has 0 fully saturated rings. The smallest absolute Gasteiger partial charge is 0.141 e. The molecule has 6 heteroatoms. The zero-order valence-corrected chi connectivity index (χ0v) is 10.6. The molecule has 2 N–H and O–H groups in total. The Balaban J connectivity index is 2.08. The highest BCUT2D eigenvalue weighted by atomic mass is 16.5. The van der Waals surface area contributed by atoms with E-state index in [1.54, 1.807) is 4.68 Å². The van der Waals surface area contributed by atoms with E-state index in [1.165, 1.54) is 0 Å². The van der Waals surface area contributed by atoms with Crippen molar-refractivity contribution in [2.24, 2.45) is 12.8 Å². The number of nitrogens with zero attached hydrogens (tertiary/aromatic N) is 4. The van der Waals surface area contributed by atoms with E-state index >= 15 is 0 Å². The third-order valence-corrected chi connectivity index (χ3v) is 2.48. The predicted octanol–water partition coefficient (Wildman–Crippen LogP) is 0.599. The first-order valence-electron chi connectivity index (χ1n) is 5.83. The van der Waals surface area contributed by atoms with E-state index in [0.29, 0.717) is 19.6 Å². The fraction of sp³-hybridized carbons (Fsp3) is 0.417. The molecule has 0 bridgehead atoms. The molecule has 0 spiro atoms. The molecule has 0 aliphatic rings. The van der Waals surface area contributed by atoms with Gasteiger partial charge in [-0.25, -0.2) is 0 Å². The van der Waals surface area contributed by atoms with Crippen LogP contribution in [0.1, 0.15) is 17.1 Å². The summed E-state index contributed by atoms with van der Waals surface area (Å²) in [5.41, 5.74) is 8.21. The lowest BCUT2D eigenvalue weighted by Crippen LogP contribution is -2.08. The van der Waals surface area contributed by atoms with E-state index in [-0.39, 0.29) is 0 Å². The largest absolute Gasteiger partial charge is 0.485 e. The Kier molecular flexibility index (Phi) is 3.88. The number of rotatable bonds is 5. The normalized spacial score (nSPS) is 10.6. The Labute approximate surface area is 106 Å². The summed E-state index contributed by atoms with van der Waals surface area (Å²) in [6.07, 6.45) is 2.53. The Bertz CT molecular complexity index is 523. The van der Waals surface area contributed by atoms with Gasteiger partial charge in [-0.3, -0.25) is 9.67 Å². The van der Waals surface area contributed by atoms with Crippen LogP contribution in [0.3, 0.4) is 0 Å². The van der Waals surface area contributed by atoms with Gasteiger partial charge in [0.15, 0.2) is 0 Å². The van der Waals surface area contributed by atoms with E-state index in [0.717, 1.165) is 22.8 Å². The molecule has 96 valence electrons. The summed E-state index contributed by atoms with van der Waals surface area (Å²) in [6, 6.07) is 3.84. The summed E-state index contributed by atoms with van der Waals surface area (Å²) in [5, 5.41) is 7.82. The molecule has 2 rings (SSSR count). The van der Waals surface area contributed by atoms with Crippen LogP contribution in [-0.2, 0) is 20.1 Å². The lowest BCUT2D eigenvalue weighted by molar-refractivity contribution is 0.296. The average molecular weight is 247 g/mol. The van der Waals surface area contributed by atoms with Gasteiger partial charge in [-0.1, -0.05) is 5.21 Å². The SMILES string of the molecule is Cc1ccc(OCc2cn(C)nn2)c(CCN)n1. The minimum absolute atomic E-state index is 0.385. The molecule has 0 saturated heterocycles. The topological polar surface area (TPSA) is 78.8 Å². The number of hydrogen-bond donors (Lipinski definition) is 1. The van der Waals surface area contributed by atoms with E-state index < -0.39 is 0 Å². The van der Waals surface area contributed by atoms with Crippen LogP contribution in [0.4, 0.5) is 0 Å². The second-order valence-corrected chi connectivity index (χ2v) is 4.11. The number of pyridine rings is 1. The van der Waals surface area contributed by atoms with Crippen molar-refractivity contribution < 1.29 is 4.74 Å². The van der Waals surface area contributed by atoms with E-state index in [4.69, 9.17) is 10.5 Å². The third-order valence-electron chi connectivity index (χ3n) is 2.48. The first kappa shape index (κ1) is 12.5. The molecule has 2 aromatic heterocycles. The molecule has 18 heavy (non-hydrogen) atoms. The zero-order valence-electron chi connectivity index (χ0n) is 10.6. The molecule has 0 radical (unpaired) electrons. The van der Waals surface area contributed by atoms with Crippen molar-refractivity contribution in [3.05, 3.63) is 35.4 Å². The van der Waals surface area contributed by atoms with E-state index in [2.05, 4.69) is 15.3 Å². The van der Waals surface area contributed by atoms with Crippen LogP contribution >= 0.6 is 0 Å². The van der Waals surface area contributed by atoms with E-state index in [1.807, 2.05) is 32.3 Å². The Morgan fingerprint density at radius 3 is 2.89 bits per heavy atom. The molecule has 0 unspecified atom stereocenters. The van der Waals surface area contributed by atoms with Crippen molar-refractivity contribution in [1.82, 2.24) is 20.0 Å². The molecule has 0 aliphatic heterocycles. The van der Waals surface area contributed by atoms with Gasteiger partial charge < -0.3 is 10.5 Å². The number of aryl methyl sites for hydroxylation is 2. The van der Waals surface area contributed by atoms with Crippen LogP contribution in [-0.4, -0.2) is 26.5 Å². The molecular weight excluding hydrogens is 230 g/mol. The van der Waals surface area contributed by atoms with Gasteiger partial charge in [0.1, 0.15) is 18.1 Å². The minimum atomic E-state index is 0.385. The van der Waals surface area contributed by atoms with Crippen molar-refractivity contribution in [3.8, 4) is 5.75 Å². The number of hydrogen-bond acceptors (Lipinski definition) is 5. The fourth-order valence-electron chi connectivity index (χ4n) is 1.66. The second kappa shape index (κ2) is 5.59. The van der Waals surface area contributed by atoms with Crippen molar-refractivity contribution in [3.63, 3.8) is 0 Å². The van der Waals surface area contributed by atoms with Gasteiger partial charge in [0.2, 0.25) is 0 Å². The van der Waals surface area contributed by atoms with Crippen LogP contribution < -0.4 is 10.5 Å². The second-order valence-electron chi connectivity index (χ2n) is 4.11. The zero-order chi connectivity index (χ0) is 13.0. The van der Waals surface area contributed by atoms with Crippen molar-refractivity contribution >= 4 is 0 Å². The first-order valence-corrected chi connectivity index (χ1v) is 5.83. The van der Waals surface area contributed by atoms with Gasteiger partial charge in [0, 0.05) is 19.2 Å². The van der Waals surface area contributed by atoms with Crippen LogP contribution in [0.15, 0.2) is 18.3 Å². The van der Waals surface area contributed by atoms with Crippen molar-refractivity contribution in [2.45, 2.75) is 20.0 Å². The highest BCUT2D eigenvalue weighted by molar-refractivity contribution is 5.29. The monoisotopic (exact) mass is 247 g/mol. The molecule has 0 aliphatic carbocycles. The summed E-state index contributed by atoms with van der Waals surface area (Å²) < 4.78 is 7.36. The molecule has 0 amide bonds. The average Bonchev–Trinajstić information content (AvgIpc) is 2.75. The molecule has 2 heterocycles. The van der Waals surface area contributed by atoms with Gasteiger partial charge in [-0.05, 0) is 25.6 Å². The van der Waals surface area contributed by atoms with E-state index in [9.17, 15) is 0 Å². The van der Waals surface area contributed by atoms with Crippen molar-refractivity contribution in [2.75, 3.05) is 6.54 Å². The molecular formula is C12H17N5O. The Morgan fingerprint density at radius 2 is 2.22 bits per heavy atom. The quantitative estimate of drug-likeness (QED) is 0.837. The maximum absolute atomic E-state index is 5.71. The highest BCUT2D eigenvalue weighted by Crippen LogP contribution is 2.18. The number of nitrogens with two attached hydrogens (primary N) is 1. The third kappa shape index (κ3) is 3.04. The fourth-order valence-corrected chi connectivity index (χ4v) is 1.66. The van der Waals surface area contributed by atoms with Crippen LogP contribution in [0, 0.1) is 6.92 Å². The van der Waals surface area contributed by atoms with Crippen LogP contribution in [0.25, 0.3) is 0 Å². The van der Waals surface area contributed by atoms with Gasteiger partial charge in [0.25, 0.3) is 0 Å². The molecule has 0 atom stereocenters. The highest BCUT2D eigenvalue weighted by Gasteiger charge is 2.07. The summed E-state index contributed by atoms with van der Waals surface area (Å²) in [6.45, 7) is 2.89. The Hall–Kier alpha value is -1.95. The molecule has 0 aromatic carbocycles. The molecule has 6 nitrogen and oxygen atoms in total. The van der Waals surface area contributed by atoms with Gasteiger partial charge in [-0.15, -0.1) is 5.10 Å². The summed E-state index contributed by atoms with van der Waals surface area (Å²) >= 11 is 0. The first-order chi connectivity index (χ1) is 8.69. The lowest BCUT2D eigenvalue weighted by Gasteiger charge is -2.09. The maximum Gasteiger partial charge on any atom is 0.141 e. The Morgan fingerprint density at radius 1 is 1.39 bits per heavy atom. The predicted molar refractivity (Wildman–Crippen MR) is 67.1 cm³/mol. The van der Waals surface area contributed by atoms with Crippen molar-refractivity contribution in [1.29, 1.82) is 0 Å². The van der Waals surface area contributed by atoms with Gasteiger partial charge >= 0.3 is 0 Å². The minimum Gasteiger partial charge on any atom is -0.485 e. The standard InChI is InChI=1S/C12H17N5O/c1-9-3-4-12(11(14-9)5-6-13)18-8-10-7-17(2)16-15-10/h3-4,7H,5-6,8,13H2,1-2H3.